The molecule has 0 bridgehead atoms. The molecule has 2 aromatic rings. The molecule has 1 aliphatic rings. The summed E-state index contributed by atoms with van der Waals surface area (Å²) in [5.74, 6) is 0. The maximum Gasteiger partial charge on any atom is 0.246 e. The number of nitrogens with zero attached hydrogens (tertiary/aromatic N) is 3. The highest BCUT2D eigenvalue weighted by molar-refractivity contribution is 7.89. The summed E-state index contributed by atoms with van der Waals surface area (Å²) in [6, 6.07) is 9.18. The lowest BCUT2D eigenvalue weighted by molar-refractivity contribution is 0.142. The van der Waals surface area contributed by atoms with Gasteiger partial charge < -0.3 is 5.11 Å². The summed E-state index contributed by atoms with van der Waals surface area (Å²) in [6.45, 7) is 0.489. The fourth-order valence-corrected chi connectivity index (χ4v) is 4.79. The van der Waals surface area contributed by atoms with Gasteiger partial charge in [0.25, 0.3) is 0 Å². The van der Waals surface area contributed by atoms with Crippen molar-refractivity contribution in [3.63, 3.8) is 0 Å². The number of aryl methyl sites for hydroxylation is 1. The average Bonchev–Trinajstić information content (AvgIpc) is 3.17. The zero-order valence-corrected chi connectivity index (χ0v) is 13.9. The van der Waals surface area contributed by atoms with Gasteiger partial charge in [-0.15, -0.1) is 0 Å². The van der Waals surface area contributed by atoms with Gasteiger partial charge in [0.15, 0.2) is 0 Å². The molecule has 0 aliphatic carbocycles. The van der Waals surface area contributed by atoms with E-state index in [4.69, 9.17) is 0 Å². The van der Waals surface area contributed by atoms with E-state index >= 15 is 0 Å². The first-order valence-corrected chi connectivity index (χ1v) is 9.16. The van der Waals surface area contributed by atoms with Crippen molar-refractivity contribution in [2.45, 2.75) is 36.3 Å². The van der Waals surface area contributed by atoms with Crippen LogP contribution in [0.3, 0.4) is 0 Å². The molecular formula is C16H21N3O3S. The molecular weight excluding hydrogens is 314 g/mol. The van der Waals surface area contributed by atoms with Crippen molar-refractivity contribution in [2.75, 3.05) is 6.54 Å². The normalized spacial score (nSPS) is 20.7. The Hall–Kier alpha value is -1.70. The van der Waals surface area contributed by atoms with Crippen molar-refractivity contribution < 1.29 is 13.5 Å². The van der Waals surface area contributed by atoms with Crippen LogP contribution in [0.15, 0.2) is 47.6 Å². The minimum Gasteiger partial charge on any atom is -0.388 e. The van der Waals surface area contributed by atoms with Gasteiger partial charge in [0, 0.05) is 25.8 Å². The SMILES string of the molecule is Cn1cc(S(=O)(=O)N2CCC[C@@H]2C[C@@H](O)c2ccccc2)cn1. The van der Waals surface area contributed by atoms with E-state index in [1.807, 2.05) is 30.3 Å². The molecule has 1 aliphatic heterocycles. The van der Waals surface area contributed by atoms with Crippen LogP contribution < -0.4 is 0 Å². The van der Waals surface area contributed by atoms with Gasteiger partial charge in [0.2, 0.25) is 10.0 Å². The molecule has 0 amide bonds. The second kappa shape index (κ2) is 6.43. The molecule has 2 atom stereocenters. The van der Waals surface area contributed by atoms with E-state index in [-0.39, 0.29) is 10.9 Å². The lowest BCUT2D eigenvalue weighted by Crippen LogP contribution is -2.36. The Kier molecular flexibility index (Phi) is 4.52. The van der Waals surface area contributed by atoms with Crippen molar-refractivity contribution in [2.24, 2.45) is 7.05 Å². The summed E-state index contributed by atoms with van der Waals surface area (Å²) < 4.78 is 28.5. The van der Waals surface area contributed by atoms with Crippen LogP contribution in [0.25, 0.3) is 0 Å². The first-order valence-electron chi connectivity index (χ1n) is 7.72. The van der Waals surface area contributed by atoms with Gasteiger partial charge in [-0.05, 0) is 24.8 Å². The van der Waals surface area contributed by atoms with Gasteiger partial charge in [0.05, 0.1) is 12.3 Å². The smallest absolute Gasteiger partial charge is 0.246 e. The first-order chi connectivity index (χ1) is 11.0. The summed E-state index contributed by atoms with van der Waals surface area (Å²) in [4.78, 5) is 0.209. The predicted octanol–water partition coefficient (Wildman–Crippen LogP) is 1.70. The molecule has 0 unspecified atom stereocenters. The fraction of sp³-hybridized carbons (Fsp3) is 0.438. The number of rotatable bonds is 5. The van der Waals surface area contributed by atoms with E-state index in [9.17, 15) is 13.5 Å². The molecule has 2 heterocycles. The van der Waals surface area contributed by atoms with Crippen LogP contribution in [0.1, 0.15) is 30.9 Å². The highest BCUT2D eigenvalue weighted by Gasteiger charge is 2.37. The summed E-state index contributed by atoms with van der Waals surface area (Å²) in [5, 5.41) is 14.4. The molecule has 1 saturated heterocycles. The van der Waals surface area contributed by atoms with Crippen LogP contribution in [-0.4, -0.2) is 40.2 Å². The van der Waals surface area contributed by atoms with Crippen molar-refractivity contribution in [3.8, 4) is 0 Å². The lowest BCUT2D eigenvalue weighted by atomic mass is 10.0. The first kappa shape index (κ1) is 16.2. The molecule has 3 rings (SSSR count). The molecule has 1 aromatic carbocycles. The number of benzene rings is 1. The van der Waals surface area contributed by atoms with Crippen LogP contribution >= 0.6 is 0 Å². The standard InChI is InChI=1S/C16H21N3O3S/c1-18-12-15(11-17-18)23(21,22)19-9-5-8-14(19)10-16(20)13-6-3-2-4-7-13/h2-4,6-7,11-12,14,16,20H,5,8-10H2,1H3/t14-,16-/m1/s1. The van der Waals surface area contributed by atoms with Gasteiger partial charge in [0.1, 0.15) is 4.90 Å². The number of hydrogen-bond donors (Lipinski definition) is 1. The fourth-order valence-electron chi connectivity index (χ4n) is 3.10. The van der Waals surface area contributed by atoms with Crippen LogP contribution in [0.5, 0.6) is 0 Å². The molecule has 0 spiro atoms. The molecule has 6 nitrogen and oxygen atoms in total. The van der Waals surface area contributed by atoms with E-state index in [2.05, 4.69) is 5.10 Å². The highest BCUT2D eigenvalue weighted by Crippen LogP contribution is 2.31. The summed E-state index contributed by atoms with van der Waals surface area (Å²) in [5.41, 5.74) is 0.818. The zero-order chi connectivity index (χ0) is 16.4. The molecule has 124 valence electrons. The Morgan fingerprint density at radius 1 is 1.35 bits per heavy atom. The molecule has 1 fully saturated rings. The molecule has 23 heavy (non-hydrogen) atoms. The van der Waals surface area contributed by atoms with E-state index in [1.54, 1.807) is 7.05 Å². The van der Waals surface area contributed by atoms with Crippen molar-refractivity contribution in [1.82, 2.24) is 14.1 Å². The largest absolute Gasteiger partial charge is 0.388 e. The van der Waals surface area contributed by atoms with E-state index in [0.29, 0.717) is 13.0 Å². The van der Waals surface area contributed by atoms with Crippen LogP contribution in [0.4, 0.5) is 0 Å². The second-order valence-corrected chi connectivity index (χ2v) is 7.81. The van der Waals surface area contributed by atoms with Crippen molar-refractivity contribution in [3.05, 3.63) is 48.3 Å². The third-order valence-corrected chi connectivity index (χ3v) is 6.20. The van der Waals surface area contributed by atoms with Crippen molar-refractivity contribution >= 4 is 10.0 Å². The minimum atomic E-state index is -3.56. The number of sulfonamides is 1. The molecule has 0 radical (unpaired) electrons. The zero-order valence-electron chi connectivity index (χ0n) is 13.0. The van der Waals surface area contributed by atoms with Gasteiger partial charge >= 0.3 is 0 Å². The Labute approximate surface area is 136 Å². The number of hydrogen-bond acceptors (Lipinski definition) is 4. The van der Waals surface area contributed by atoms with Crippen LogP contribution in [0.2, 0.25) is 0 Å². The quantitative estimate of drug-likeness (QED) is 0.902. The second-order valence-electron chi connectivity index (χ2n) is 5.92. The van der Waals surface area contributed by atoms with Gasteiger partial charge in [-0.3, -0.25) is 4.68 Å². The topological polar surface area (TPSA) is 75.4 Å². The van der Waals surface area contributed by atoms with Crippen LogP contribution in [-0.2, 0) is 17.1 Å². The Morgan fingerprint density at radius 3 is 2.74 bits per heavy atom. The monoisotopic (exact) mass is 335 g/mol. The summed E-state index contributed by atoms with van der Waals surface area (Å²) >= 11 is 0. The van der Waals surface area contributed by atoms with Gasteiger partial charge in [-0.2, -0.15) is 9.40 Å². The van der Waals surface area contributed by atoms with Gasteiger partial charge in [-0.1, -0.05) is 30.3 Å². The highest BCUT2D eigenvalue weighted by atomic mass is 32.2. The maximum absolute atomic E-state index is 12.8. The summed E-state index contributed by atoms with van der Waals surface area (Å²) in [6.07, 6.45) is 4.21. The van der Waals surface area contributed by atoms with Crippen LogP contribution in [0, 0.1) is 0 Å². The molecule has 1 N–H and O–H groups in total. The lowest BCUT2D eigenvalue weighted by Gasteiger charge is -2.25. The minimum absolute atomic E-state index is 0.185. The summed E-state index contributed by atoms with van der Waals surface area (Å²) in [7, 11) is -1.86. The Morgan fingerprint density at radius 2 is 2.09 bits per heavy atom. The number of aliphatic hydroxyl groups excluding tert-OH is 1. The Bertz CT molecular complexity index is 758. The predicted molar refractivity (Wildman–Crippen MR) is 86.1 cm³/mol. The maximum atomic E-state index is 12.8. The third kappa shape index (κ3) is 3.31. The van der Waals surface area contributed by atoms with E-state index < -0.39 is 16.1 Å². The van der Waals surface area contributed by atoms with E-state index in [1.165, 1.54) is 21.4 Å². The third-order valence-electron chi connectivity index (χ3n) is 4.29. The number of aliphatic hydroxyl groups is 1. The average molecular weight is 335 g/mol. The number of aromatic nitrogens is 2. The van der Waals surface area contributed by atoms with Crippen molar-refractivity contribution in [1.29, 1.82) is 0 Å². The molecule has 7 heteroatoms. The molecule has 1 aromatic heterocycles. The molecule has 0 saturated carbocycles. The van der Waals surface area contributed by atoms with E-state index in [0.717, 1.165) is 18.4 Å². The van der Waals surface area contributed by atoms with Gasteiger partial charge in [-0.25, -0.2) is 8.42 Å². The Balaban J connectivity index is 1.78.